The van der Waals surface area contributed by atoms with Crippen LogP contribution in [-0.4, -0.2) is 87.5 Å². The van der Waals surface area contributed by atoms with E-state index in [4.69, 9.17) is 21.1 Å². The van der Waals surface area contributed by atoms with Gasteiger partial charge in [-0.15, -0.1) is 0 Å². The number of hydrogen-bond acceptors (Lipinski definition) is 6. The Bertz CT molecular complexity index is 917. The molecule has 1 atom stereocenters. The maximum atomic E-state index is 13.2. The topological polar surface area (TPSA) is 96.5 Å². The lowest BCUT2D eigenvalue weighted by atomic mass is 9.98. The SMILES string of the molecule is CCOC(=O)N1CCN(C(=O)[C@H]2CCCN(S(=O)(=O)c3cc(Cl)ccc3OC)C2)CC1. The second kappa shape index (κ2) is 10.1. The summed E-state index contributed by atoms with van der Waals surface area (Å²) in [5.74, 6) is -0.294. The molecule has 0 radical (unpaired) electrons. The lowest BCUT2D eigenvalue weighted by Gasteiger charge is -2.38. The number of piperidine rings is 1. The van der Waals surface area contributed by atoms with Crippen LogP contribution in [0, 0.1) is 5.92 Å². The van der Waals surface area contributed by atoms with Crippen LogP contribution in [-0.2, 0) is 19.6 Å². The molecule has 0 N–H and O–H groups in total. The van der Waals surface area contributed by atoms with Crippen molar-refractivity contribution in [2.24, 2.45) is 5.92 Å². The molecule has 2 aliphatic heterocycles. The first kappa shape index (κ1) is 23.6. The van der Waals surface area contributed by atoms with E-state index >= 15 is 0 Å². The third kappa shape index (κ3) is 5.24. The molecule has 2 fully saturated rings. The van der Waals surface area contributed by atoms with Gasteiger partial charge in [0.1, 0.15) is 10.6 Å². The van der Waals surface area contributed by atoms with E-state index in [-0.39, 0.29) is 29.2 Å². The van der Waals surface area contributed by atoms with Crippen LogP contribution in [0.3, 0.4) is 0 Å². The van der Waals surface area contributed by atoms with Crippen LogP contribution in [0.25, 0.3) is 0 Å². The molecule has 172 valence electrons. The number of halogens is 1. The van der Waals surface area contributed by atoms with Gasteiger partial charge in [0.05, 0.1) is 19.6 Å². The Kier molecular flexibility index (Phi) is 7.66. The highest BCUT2D eigenvalue weighted by molar-refractivity contribution is 7.89. The second-order valence-electron chi connectivity index (χ2n) is 7.51. The minimum Gasteiger partial charge on any atom is -0.495 e. The fourth-order valence-electron chi connectivity index (χ4n) is 3.94. The molecule has 2 aliphatic rings. The summed E-state index contributed by atoms with van der Waals surface area (Å²) in [6, 6.07) is 4.46. The largest absolute Gasteiger partial charge is 0.495 e. The highest BCUT2D eigenvalue weighted by Crippen LogP contribution is 2.32. The Morgan fingerprint density at radius 3 is 2.45 bits per heavy atom. The molecule has 3 rings (SSSR count). The van der Waals surface area contributed by atoms with Gasteiger partial charge in [0.25, 0.3) is 0 Å². The number of nitrogens with zero attached hydrogens (tertiary/aromatic N) is 3. The fraction of sp³-hybridized carbons (Fsp3) is 0.600. The van der Waals surface area contributed by atoms with Crippen molar-refractivity contribution in [3.63, 3.8) is 0 Å². The zero-order valence-electron chi connectivity index (χ0n) is 17.8. The van der Waals surface area contributed by atoms with Crippen molar-refractivity contribution >= 4 is 33.6 Å². The molecule has 0 aromatic heterocycles. The number of piperazine rings is 1. The lowest BCUT2D eigenvalue weighted by molar-refractivity contribution is -0.138. The summed E-state index contributed by atoms with van der Waals surface area (Å²) >= 11 is 6.02. The van der Waals surface area contributed by atoms with Gasteiger partial charge in [-0.1, -0.05) is 11.6 Å². The monoisotopic (exact) mass is 473 g/mol. The van der Waals surface area contributed by atoms with Gasteiger partial charge in [0.2, 0.25) is 15.9 Å². The van der Waals surface area contributed by atoms with Crippen molar-refractivity contribution < 1.29 is 27.5 Å². The maximum Gasteiger partial charge on any atom is 0.409 e. The third-order valence-electron chi connectivity index (χ3n) is 5.59. The molecule has 1 aromatic rings. The normalized spacial score (nSPS) is 20.4. The summed E-state index contributed by atoms with van der Waals surface area (Å²) in [6.07, 6.45) is 0.830. The molecular weight excluding hydrogens is 446 g/mol. The zero-order chi connectivity index (χ0) is 22.6. The van der Waals surface area contributed by atoms with E-state index in [9.17, 15) is 18.0 Å². The first-order chi connectivity index (χ1) is 14.8. The molecular formula is C20H28ClN3O6S. The number of carbonyl (C=O) groups is 2. The van der Waals surface area contributed by atoms with Crippen molar-refractivity contribution in [2.45, 2.75) is 24.7 Å². The van der Waals surface area contributed by atoms with Crippen molar-refractivity contribution in [1.29, 1.82) is 0 Å². The Morgan fingerprint density at radius 1 is 1.13 bits per heavy atom. The van der Waals surface area contributed by atoms with Crippen LogP contribution in [0.15, 0.2) is 23.1 Å². The standard InChI is InChI=1S/C20H28ClN3O6S/c1-3-30-20(26)23-11-9-22(10-12-23)19(25)15-5-4-8-24(14-15)31(27,28)18-13-16(21)6-7-17(18)29-2/h6-7,13,15H,3-5,8-12,14H2,1-2H3/t15-/m0/s1. The number of methoxy groups -OCH3 is 1. The molecule has 0 unspecified atom stereocenters. The number of amides is 2. The summed E-state index contributed by atoms with van der Waals surface area (Å²) in [5, 5.41) is 0.295. The Balaban J connectivity index is 1.67. The fourth-order valence-corrected chi connectivity index (χ4v) is 5.88. The van der Waals surface area contributed by atoms with E-state index in [2.05, 4.69) is 0 Å². The van der Waals surface area contributed by atoms with Gasteiger partial charge < -0.3 is 19.3 Å². The minimum atomic E-state index is -3.87. The smallest absolute Gasteiger partial charge is 0.409 e. The number of benzene rings is 1. The highest BCUT2D eigenvalue weighted by atomic mass is 35.5. The Labute approximate surface area is 187 Å². The molecule has 0 saturated carbocycles. The summed E-state index contributed by atoms with van der Waals surface area (Å²) in [6.45, 7) is 4.11. The van der Waals surface area contributed by atoms with Crippen LogP contribution >= 0.6 is 11.6 Å². The quantitative estimate of drug-likeness (QED) is 0.649. The van der Waals surface area contributed by atoms with E-state index in [1.54, 1.807) is 22.8 Å². The van der Waals surface area contributed by atoms with E-state index in [1.165, 1.54) is 23.5 Å². The van der Waals surface area contributed by atoms with Gasteiger partial charge in [-0.2, -0.15) is 4.31 Å². The Morgan fingerprint density at radius 2 is 1.81 bits per heavy atom. The molecule has 2 saturated heterocycles. The predicted octanol–water partition coefficient (Wildman–Crippen LogP) is 2.05. The average Bonchev–Trinajstić information content (AvgIpc) is 2.79. The minimum absolute atomic E-state index is 0.00125. The van der Waals surface area contributed by atoms with Crippen molar-refractivity contribution in [3.8, 4) is 5.75 Å². The first-order valence-electron chi connectivity index (χ1n) is 10.3. The average molecular weight is 474 g/mol. The number of ether oxygens (including phenoxy) is 2. The molecule has 2 heterocycles. The molecule has 2 amide bonds. The third-order valence-corrected chi connectivity index (χ3v) is 7.72. The summed E-state index contributed by atoms with van der Waals surface area (Å²) in [5.41, 5.74) is 0. The van der Waals surface area contributed by atoms with E-state index < -0.39 is 15.9 Å². The number of hydrogen-bond donors (Lipinski definition) is 0. The number of carbonyl (C=O) groups excluding carboxylic acids is 2. The van der Waals surface area contributed by atoms with E-state index in [0.717, 1.165) is 0 Å². The van der Waals surface area contributed by atoms with Crippen LogP contribution < -0.4 is 4.74 Å². The first-order valence-corrected chi connectivity index (χ1v) is 12.1. The van der Waals surface area contributed by atoms with Crippen molar-refractivity contribution in [1.82, 2.24) is 14.1 Å². The highest BCUT2D eigenvalue weighted by Gasteiger charge is 2.37. The van der Waals surface area contributed by atoms with Gasteiger partial charge >= 0.3 is 6.09 Å². The van der Waals surface area contributed by atoms with Gasteiger partial charge in [-0.05, 0) is 38.0 Å². The van der Waals surface area contributed by atoms with Crippen LogP contribution in [0.4, 0.5) is 4.79 Å². The number of sulfonamides is 1. The van der Waals surface area contributed by atoms with Gasteiger partial charge in [0, 0.05) is 44.3 Å². The Hall–Kier alpha value is -2.04. The van der Waals surface area contributed by atoms with Crippen molar-refractivity contribution in [2.75, 3.05) is 53.0 Å². The van der Waals surface area contributed by atoms with E-state index in [0.29, 0.717) is 57.2 Å². The lowest BCUT2D eigenvalue weighted by Crippen LogP contribution is -2.54. The van der Waals surface area contributed by atoms with E-state index in [1.807, 2.05) is 0 Å². The molecule has 0 spiro atoms. The molecule has 9 nitrogen and oxygen atoms in total. The second-order valence-corrected chi connectivity index (χ2v) is 9.85. The molecule has 31 heavy (non-hydrogen) atoms. The molecule has 0 bridgehead atoms. The maximum absolute atomic E-state index is 13.2. The summed E-state index contributed by atoms with van der Waals surface area (Å²) < 4.78 is 38.0. The van der Waals surface area contributed by atoms with Crippen LogP contribution in [0.1, 0.15) is 19.8 Å². The number of rotatable bonds is 5. The predicted molar refractivity (Wildman–Crippen MR) is 115 cm³/mol. The zero-order valence-corrected chi connectivity index (χ0v) is 19.3. The van der Waals surface area contributed by atoms with Crippen molar-refractivity contribution in [3.05, 3.63) is 23.2 Å². The van der Waals surface area contributed by atoms with Crippen LogP contribution in [0.5, 0.6) is 5.75 Å². The molecule has 11 heteroatoms. The summed E-state index contributed by atoms with van der Waals surface area (Å²) in [4.78, 5) is 28.2. The van der Waals surface area contributed by atoms with Crippen LogP contribution in [0.2, 0.25) is 5.02 Å². The van der Waals surface area contributed by atoms with Gasteiger partial charge in [-0.3, -0.25) is 4.79 Å². The summed E-state index contributed by atoms with van der Waals surface area (Å²) in [7, 11) is -2.46. The molecule has 0 aliphatic carbocycles. The molecule has 1 aromatic carbocycles. The van der Waals surface area contributed by atoms with Gasteiger partial charge in [0.15, 0.2) is 0 Å². The van der Waals surface area contributed by atoms with Gasteiger partial charge in [-0.25, -0.2) is 13.2 Å².